The van der Waals surface area contributed by atoms with Gasteiger partial charge in [0.1, 0.15) is 11.6 Å². The van der Waals surface area contributed by atoms with Crippen molar-refractivity contribution >= 4 is 21.5 Å². The highest BCUT2D eigenvalue weighted by molar-refractivity contribution is 5.87. The molecule has 0 saturated heterocycles. The van der Waals surface area contributed by atoms with Gasteiger partial charge in [0.15, 0.2) is 23.1 Å². The van der Waals surface area contributed by atoms with Gasteiger partial charge >= 0.3 is 0 Å². The molecule has 4 aromatic rings. The van der Waals surface area contributed by atoms with Gasteiger partial charge in [0.25, 0.3) is 0 Å². The van der Waals surface area contributed by atoms with E-state index in [1.165, 1.54) is 12.1 Å². The van der Waals surface area contributed by atoms with E-state index in [0.717, 1.165) is 109 Å². The van der Waals surface area contributed by atoms with Gasteiger partial charge in [-0.05, 0) is 136 Å². The van der Waals surface area contributed by atoms with Crippen molar-refractivity contribution in [1.82, 2.24) is 0 Å². The molecule has 2 aliphatic rings. The zero-order valence-electron chi connectivity index (χ0n) is 35.3. The average molecular weight is 845 g/mol. The third-order valence-corrected chi connectivity index (χ3v) is 12.8. The first-order chi connectivity index (χ1) is 29.1. The summed E-state index contributed by atoms with van der Waals surface area (Å²) < 4.78 is 113. The summed E-state index contributed by atoms with van der Waals surface area (Å²) in [5.74, 6) is -6.17. The fraction of sp³-hybridized carbons (Fsp3) is 0.592. The second-order valence-corrected chi connectivity index (χ2v) is 16.8. The van der Waals surface area contributed by atoms with Crippen molar-refractivity contribution in [3.63, 3.8) is 0 Å². The smallest absolute Gasteiger partial charge is 0.201 e. The molecular weight excluding hydrogens is 783 g/mol. The molecule has 0 atom stereocenters. The van der Waals surface area contributed by atoms with Crippen LogP contribution >= 0.6 is 0 Å². The van der Waals surface area contributed by atoms with E-state index in [1.807, 2.05) is 0 Å². The minimum absolute atomic E-state index is 0.0679. The number of ether oxygens (including phenoxy) is 4. The van der Waals surface area contributed by atoms with E-state index >= 15 is 8.78 Å². The van der Waals surface area contributed by atoms with Crippen LogP contribution in [0.5, 0.6) is 11.5 Å². The highest BCUT2D eigenvalue weighted by atomic mass is 19.2. The van der Waals surface area contributed by atoms with Gasteiger partial charge in [-0.3, -0.25) is 0 Å². The van der Waals surface area contributed by atoms with E-state index in [9.17, 15) is 22.7 Å². The quantitative estimate of drug-likeness (QED) is 0.0631. The summed E-state index contributed by atoms with van der Waals surface area (Å²) in [6.45, 7) is 5.27. The average Bonchev–Trinajstić information content (AvgIpc) is 3.25. The van der Waals surface area contributed by atoms with E-state index in [-0.39, 0.29) is 76.9 Å². The molecule has 0 aliphatic heterocycles. The largest absolute Gasteiger partial charge is 0.491 e. The van der Waals surface area contributed by atoms with Crippen LogP contribution in [0, 0.1) is 40.8 Å². The Hall–Kier alpha value is -3.54. The fourth-order valence-corrected chi connectivity index (χ4v) is 9.52. The minimum Gasteiger partial charge on any atom is -0.491 e. The molecule has 2 aliphatic carbocycles. The summed E-state index contributed by atoms with van der Waals surface area (Å²) in [6.07, 6.45) is 15.5. The van der Waals surface area contributed by atoms with E-state index in [1.54, 1.807) is 38.1 Å². The fourth-order valence-electron chi connectivity index (χ4n) is 9.52. The summed E-state index contributed by atoms with van der Waals surface area (Å²) in [6, 6.07) is 9.39. The molecule has 6 rings (SSSR count). The molecule has 4 aromatic carbocycles. The third-order valence-electron chi connectivity index (χ3n) is 12.8. The normalized spacial score (nSPS) is 20.2. The maximum atomic E-state index is 15.5. The van der Waals surface area contributed by atoms with Crippen LogP contribution in [0.15, 0.2) is 36.4 Å². The van der Waals surface area contributed by atoms with Gasteiger partial charge in [-0.15, -0.1) is 0 Å². The molecule has 0 radical (unpaired) electrons. The Morgan fingerprint density at radius 2 is 0.933 bits per heavy atom. The predicted molar refractivity (Wildman–Crippen MR) is 224 cm³/mol. The molecule has 0 heterocycles. The summed E-state index contributed by atoms with van der Waals surface area (Å²) in [7, 11) is 0. The van der Waals surface area contributed by atoms with Crippen LogP contribution in [0.3, 0.4) is 0 Å². The van der Waals surface area contributed by atoms with Crippen molar-refractivity contribution < 1.29 is 50.4 Å². The SMILES string of the molecule is CCOc1cc2ccc(C3CCC(OCCCCCC(CCO)CCCCCOC4CCC(c5ccc6cc(OCC)c(F)c(F)c6c5F)CC4)CC3)c(F)c2c(F)c1F. The van der Waals surface area contributed by atoms with Gasteiger partial charge in [-0.2, -0.15) is 8.78 Å². The lowest BCUT2D eigenvalue weighted by Gasteiger charge is -2.29. The van der Waals surface area contributed by atoms with Crippen molar-refractivity contribution in [2.24, 2.45) is 5.92 Å². The Balaban J connectivity index is 0.818. The van der Waals surface area contributed by atoms with Gasteiger partial charge in [0, 0.05) is 19.8 Å². The molecule has 0 spiro atoms. The molecule has 5 nitrogen and oxygen atoms in total. The molecule has 0 unspecified atom stereocenters. The zero-order chi connectivity index (χ0) is 42.6. The van der Waals surface area contributed by atoms with Crippen LogP contribution in [0.2, 0.25) is 0 Å². The van der Waals surface area contributed by atoms with Crippen LogP contribution in [0.1, 0.15) is 146 Å². The standard InChI is InChI=1S/C49H62F6O5/c1-3-57-40-29-34-17-23-38(44(50)42(34)48(54)46(40)52)32-13-19-36(20-14-32)59-27-9-5-7-11-31(25-26-56)12-8-6-10-28-60-37-21-15-33(16-22-37)39-24-18-35-30-41(58-4-2)47(53)49(55)43(35)45(39)51/h17-18,23-24,29-33,36-37,56H,3-16,19-22,25-28H2,1-2H3. The van der Waals surface area contributed by atoms with Crippen molar-refractivity contribution in [3.05, 3.63) is 82.4 Å². The first kappa shape index (κ1) is 46.0. The summed E-state index contributed by atoms with van der Waals surface area (Å²) >= 11 is 0. The van der Waals surface area contributed by atoms with Crippen molar-refractivity contribution in [1.29, 1.82) is 0 Å². The summed E-state index contributed by atoms with van der Waals surface area (Å²) in [4.78, 5) is 0. The predicted octanol–water partition coefficient (Wildman–Crippen LogP) is 13.5. The Morgan fingerprint density at radius 3 is 1.32 bits per heavy atom. The number of hydrogen-bond donors (Lipinski definition) is 1. The number of rotatable bonds is 22. The summed E-state index contributed by atoms with van der Waals surface area (Å²) in [5, 5.41) is 9.60. The van der Waals surface area contributed by atoms with Gasteiger partial charge in [0.2, 0.25) is 11.6 Å². The molecule has 11 heteroatoms. The molecule has 0 aromatic heterocycles. The van der Waals surface area contributed by atoms with Gasteiger partial charge in [-0.25, -0.2) is 17.6 Å². The van der Waals surface area contributed by atoms with Crippen molar-refractivity contribution in [2.75, 3.05) is 33.0 Å². The molecule has 2 saturated carbocycles. The Morgan fingerprint density at radius 1 is 0.517 bits per heavy atom. The maximum absolute atomic E-state index is 15.5. The van der Waals surface area contributed by atoms with Gasteiger partial charge < -0.3 is 24.1 Å². The lowest BCUT2D eigenvalue weighted by molar-refractivity contribution is 0.0221. The lowest BCUT2D eigenvalue weighted by Crippen LogP contribution is -2.22. The molecule has 60 heavy (non-hydrogen) atoms. The molecule has 0 amide bonds. The van der Waals surface area contributed by atoms with Crippen LogP contribution in [0.4, 0.5) is 26.3 Å². The second kappa shape index (κ2) is 22.5. The second-order valence-electron chi connectivity index (χ2n) is 16.8. The van der Waals surface area contributed by atoms with E-state index in [2.05, 4.69) is 0 Å². The van der Waals surface area contributed by atoms with Crippen LogP contribution in [0.25, 0.3) is 21.5 Å². The number of benzene rings is 4. The molecule has 330 valence electrons. The molecule has 2 fully saturated rings. The van der Waals surface area contributed by atoms with Crippen LogP contribution in [-0.4, -0.2) is 50.3 Å². The number of fused-ring (bicyclic) bond motifs is 2. The number of aliphatic hydroxyl groups is 1. The Kier molecular flexibility index (Phi) is 17.3. The number of unbranched alkanes of at least 4 members (excludes halogenated alkanes) is 4. The molecular formula is C49H62F6O5. The van der Waals surface area contributed by atoms with E-state index < -0.39 is 34.9 Å². The highest BCUT2D eigenvalue weighted by Crippen LogP contribution is 2.41. The number of hydrogen-bond acceptors (Lipinski definition) is 5. The van der Waals surface area contributed by atoms with E-state index in [0.29, 0.717) is 30.3 Å². The van der Waals surface area contributed by atoms with E-state index in [4.69, 9.17) is 18.9 Å². The number of aliphatic hydroxyl groups excluding tert-OH is 1. The molecule has 1 N–H and O–H groups in total. The number of halogens is 6. The van der Waals surface area contributed by atoms with Crippen LogP contribution in [-0.2, 0) is 9.47 Å². The molecule has 0 bridgehead atoms. The minimum atomic E-state index is -1.21. The van der Waals surface area contributed by atoms with Gasteiger partial charge in [-0.1, -0.05) is 62.8 Å². The highest BCUT2D eigenvalue weighted by Gasteiger charge is 2.29. The van der Waals surface area contributed by atoms with Crippen molar-refractivity contribution in [3.8, 4) is 11.5 Å². The maximum Gasteiger partial charge on any atom is 0.201 e. The monoisotopic (exact) mass is 844 g/mol. The lowest BCUT2D eigenvalue weighted by atomic mass is 9.81. The van der Waals surface area contributed by atoms with Crippen molar-refractivity contribution in [2.45, 2.75) is 147 Å². The van der Waals surface area contributed by atoms with Crippen LogP contribution < -0.4 is 9.47 Å². The zero-order valence-corrected chi connectivity index (χ0v) is 35.3. The first-order valence-electron chi connectivity index (χ1n) is 22.4. The Bertz CT molecular complexity index is 1850. The van der Waals surface area contributed by atoms with Gasteiger partial charge in [0.05, 0.1) is 36.2 Å². The third kappa shape index (κ3) is 11.3. The Labute approximate surface area is 351 Å². The summed E-state index contributed by atoms with van der Waals surface area (Å²) in [5.41, 5.74) is 0.862. The topological polar surface area (TPSA) is 57.2 Å². The first-order valence-corrected chi connectivity index (χ1v) is 22.4.